The molecule has 0 aliphatic rings. The first kappa shape index (κ1) is 26.1. The zero-order valence-electron chi connectivity index (χ0n) is 20.6. The van der Waals surface area contributed by atoms with Gasteiger partial charge in [0.15, 0.2) is 5.82 Å². The first-order valence-corrected chi connectivity index (χ1v) is 12.2. The lowest BCUT2D eigenvalue weighted by atomic mass is 9.87. The molecule has 2 aromatic carbocycles. The SMILES string of the molecule is CC(C)OC(=O)c1ccc(NC(=O)CSc2nnc(COc3ccc(C(C)(C)C)cc3)n2N)cc1. The molecule has 9 nitrogen and oxygen atoms in total. The molecule has 10 heteroatoms. The maximum Gasteiger partial charge on any atom is 0.338 e. The number of nitrogens with zero attached hydrogens (tertiary/aromatic N) is 3. The van der Waals surface area contributed by atoms with E-state index in [0.29, 0.717) is 28.0 Å². The van der Waals surface area contributed by atoms with Gasteiger partial charge in [0, 0.05) is 5.69 Å². The van der Waals surface area contributed by atoms with Gasteiger partial charge in [0.1, 0.15) is 12.4 Å². The highest BCUT2D eigenvalue weighted by atomic mass is 32.2. The highest BCUT2D eigenvalue weighted by Crippen LogP contribution is 2.25. The summed E-state index contributed by atoms with van der Waals surface area (Å²) in [6.07, 6.45) is -0.199. The van der Waals surface area contributed by atoms with Crippen LogP contribution in [0, 0.1) is 0 Å². The van der Waals surface area contributed by atoms with Crippen molar-refractivity contribution in [3.63, 3.8) is 0 Å². The van der Waals surface area contributed by atoms with Crippen molar-refractivity contribution in [1.29, 1.82) is 0 Å². The molecule has 0 atom stereocenters. The van der Waals surface area contributed by atoms with Gasteiger partial charge in [-0.2, -0.15) is 0 Å². The van der Waals surface area contributed by atoms with E-state index in [2.05, 4.69) is 36.3 Å². The van der Waals surface area contributed by atoms with Crippen LogP contribution >= 0.6 is 11.8 Å². The van der Waals surface area contributed by atoms with Gasteiger partial charge in [-0.05, 0) is 61.2 Å². The van der Waals surface area contributed by atoms with Gasteiger partial charge in [-0.3, -0.25) is 4.79 Å². The predicted octanol–water partition coefficient (Wildman–Crippen LogP) is 4.16. The molecule has 186 valence electrons. The Hall–Kier alpha value is -3.53. The lowest BCUT2D eigenvalue weighted by Crippen LogP contribution is -2.18. The van der Waals surface area contributed by atoms with Crippen LogP contribution in [0.1, 0.15) is 56.4 Å². The summed E-state index contributed by atoms with van der Waals surface area (Å²) in [6, 6.07) is 14.4. The van der Waals surface area contributed by atoms with Crippen LogP contribution in [0.3, 0.4) is 0 Å². The van der Waals surface area contributed by atoms with Crippen molar-refractivity contribution < 1.29 is 19.1 Å². The molecule has 0 spiro atoms. The predicted molar refractivity (Wildman–Crippen MR) is 136 cm³/mol. The standard InChI is InChI=1S/C25H31N5O4S/c1-16(2)34-23(32)17-6-10-19(11-7-17)27-22(31)15-35-24-29-28-21(30(24)26)14-33-20-12-8-18(9-13-20)25(3,4)5/h6-13,16H,14-15,26H2,1-5H3,(H,27,31). The third kappa shape index (κ3) is 7.48. The second-order valence-corrected chi connectivity index (χ2v) is 10.1. The van der Waals surface area contributed by atoms with Crippen molar-refractivity contribution >= 4 is 29.3 Å². The van der Waals surface area contributed by atoms with E-state index in [-0.39, 0.29) is 29.8 Å². The van der Waals surface area contributed by atoms with Crippen LogP contribution in [-0.2, 0) is 21.6 Å². The van der Waals surface area contributed by atoms with E-state index in [0.717, 1.165) is 11.8 Å². The van der Waals surface area contributed by atoms with Crippen LogP contribution in [0.4, 0.5) is 5.69 Å². The molecular formula is C25H31N5O4S. The Morgan fingerprint density at radius 3 is 2.31 bits per heavy atom. The molecule has 1 aromatic heterocycles. The zero-order chi connectivity index (χ0) is 25.6. The van der Waals surface area contributed by atoms with Crippen LogP contribution < -0.4 is 15.9 Å². The maximum atomic E-state index is 12.3. The van der Waals surface area contributed by atoms with E-state index >= 15 is 0 Å². The molecule has 0 saturated carbocycles. The molecule has 1 heterocycles. The van der Waals surface area contributed by atoms with Crippen LogP contribution in [0.2, 0.25) is 0 Å². The van der Waals surface area contributed by atoms with Gasteiger partial charge >= 0.3 is 5.97 Å². The van der Waals surface area contributed by atoms with Crippen LogP contribution in [0.25, 0.3) is 0 Å². The minimum atomic E-state index is -0.405. The fourth-order valence-corrected chi connectivity index (χ4v) is 3.68. The molecule has 3 N–H and O–H groups in total. The van der Waals surface area contributed by atoms with Gasteiger partial charge in [0.25, 0.3) is 0 Å². The van der Waals surface area contributed by atoms with Crippen molar-refractivity contribution in [1.82, 2.24) is 14.9 Å². The van der Waals surface area contributed by atoms with E-state index in [4.69, 9.17) is 15.3 Å². The molecule has 0 aliphatic heterocycles. The van der Waals surface area contributed by atoms with Crippen LogP contribution in [0.5, 0.6) is 5.75 Å². The molecule has 0 aliphatic carbocycles. The third-order valence-corrected chi connectivity index (χ3v) is 5.85. The number of hydrogen-bond acceptors (Lipinski definition) is 8. The minimum absolute atomic E-state index is 0.0687. The molecule has 0 fully saturated rings. The summed E-state index contributed by atoms with van der Waals surface area (Å²) >= 11 is 1.16. The number of aromatic nitrogens is 3. The normalized spacial score (nSPS) is 11.4. The number of nitrogens with two attached hydrogens (primary N) is 1. The second-order valence-electron chi connectivity index (χ2n) is 9.20. The number of thioether (sulfide) groups is 1. The summed E-state index contributed by atoms with van der Waals surface area (Å²) < 4.78 is 12.2. The summed E-state index contributed by atoms with van der Waals surface area (Å²) in [5.74, 6) is 6.67. The lowest BCUT2D eigenvalue weighted by molar-refractivity contribution is -0.113. The average Bonchev–Trinajstić information content (AvgIpc) is 3.15. The molecule has 3 aromatic rings. The number of carbonyl (C=O) groups excluding carboxylic acids is 2. The van der Waals surface area contributed by atoms with Gasteiger partial charge in [-0.15, -0.1) is 10.2 Å². The highest BCUT2D eigenvalue weighted by Gasteiger charge is 2.15. The van der Waals surface area contributed by atoms with E-state index < -0.39 is 5.97 Å². The second kappa shape index (κ2) is 11.3. The molecule has 35 heavy (non-hydrogen) atoms. The molecule has 0 saturated heterocycles. The minimum Gasteiger partial charge on any atom is -0.486 e. The fourth-order valence-electron chi connectivity index (χ4n) is 3.00. The summed E-state index contributed by atoms with van der Waals surface area (Å²) in [5.41, 5.74) is 2.27. The summed E-state index contributed by atoms with van der Waals surface area (Å²) in [4.78, 5) is 24.2. The zero-order valence-corrected chi connectivity index (χ0v) is 21.4. The largest absolute Gasteiger partial charge is 0.486 e. The monoisotopic (exact) mass is 497 g/mol. The van der Waals surface area contributed by atoms with Gasteiger partial charge in [-0.1, -0.05) is 44.7 Å². The first-order chi connectivity index (χ1) is 16.5. The Labute approximate surface area is 209 Å². The van der Waals surface area contributed by atoms with Crippen LogP contribution in [-0.4, -0.2) is 38.6 Å². The number of nitrogens with one attached hydrogen (secondary N) is 1. The smallest absolute Gasteiger partial charge is 0.338 e. The van der Waals surface area contributed by atoms with Crippen molar-refractivity contribution in [3.05, 3.63) is 65.5 Å². The first-order valence-electron chi connectivity index (χ1n) is 11.2. The van der Waals surface area contributed by atoms with Crippen LogP contribution in [0.15, 0.2) is 53.7 Å². The number of benzene rings is 2. The number of anilines is 1. The Morgan fingerprint density at radius 1 is 1.06 bits per heavy atom. The average molecular weight is 498 g/mol. The van der Waals surface area contributed by atoms with Crippen molar-refractivity contribution in [2.75, 3.05) is 16.9 Å². The van der Waals surface area contributed by atoms with Gasteiger partial charge in [-0.25, -0.2) is 9.47 Å². The number of carbonyl (C=O) groups is 2. The molecule has 0 unspecified atom stereocenters. The molecule has 3 rings (SSSR count). The van der Waals surface area contributed by atoms with Crippen molar-refractivity contribution in [2.45, 2.75) is 57.9 Å². The molecule has 1 amide bonds. The summed E-state index contributed by atoms with van der Waals surface area (Å²) in [6.45, 7) is 10.2. The maximum absolute atomic E-state index is 12.3. The number of hydrogen-bond donors (Lipinski definition) is 2. The quantitative estimate of drug-likeness (QED) is 0.257. The van der Waals surface area contributed by atoms with Crippen molar-refractivity contribution in [2.24, 2.45) is 0 Å². The van der Waals surface area contributed by atoms with Gasteiger partial charge in [0.05, 0.1) is 17.4 Å². The Kier molecular flexibility index (Phi) is 8.39. The van der Waals surface area contributed by atoms with Gasteiger partial charge in [0.2, 0.25) is 11.1 Å². The number of ether oxygens (including phenoxy) is 2. The molecular weight excluding hydrogens is 466 g/mol. The topological polar surface area (TPSA) is 121 Å². The van der Waals surface area contributed by atoms with E-state index in [1.165, 1.54) is 10.2 Å². The lowest BCUT2D eigenvalue weighted by Gasteiger charge is -2.19. The Bertz CT molecular complexity index is 1150. The number of nitrogen functional groups attached to an aromatic ring is 1. The Balaban J connectivity index is 1.49. The number of esters is 1. The third-order valence-electron chi connectivity index (χ3n) is 4.90. The fraction of sp³-hybridized carbons (Fsp3) is 0.360. The summed E-state index contributed by atoms with van der Waals surface area (Å²) in [7, 11) is 0. The Morgan fingerprint density at radius 2 is 1.71 bits per heavy atom. The molecule has 0 bridgehead atoms. The van der Waals surface area contributed by atoms with E-state index in [1.54, 1.807) is 38.1 Å². The summed E-state index contributed by atoms with van der Waals surface area (Å²) in [5, 5.41) is 11.3. The number of amides is 1. The number of rotatable bonds is 9. The van der Waals surface area contributed by atoms with Gasteiger partial charge < -0.3 is 20.6 Å². The molecule has 0 radical (unpaired) electrons. The highest BCUT2D eigenvalue weighted by molar-refractivity contribution is 7.99. The van der Waals surface area contributed by atoms with Crippen molar-refractivity contribution in [3.8, 4) is 5.75 Å². The van der Waals surface area contributed by atoms with E-state index in [1.807, 2.05) is 24.3 Å². The van der Waals surface area contributed by atoms with E-state index in [9.17, 15) is 9.59 Å².